The van der Waals surface area contributed by atoms with Crippen LogP contribution in [-0.4, -0.2) is 12.9 Å². The van der Waals surface area contributed by atoms with Gasteiger partial charge < -0.3 is 4.74 Å². The van der Waals surface area contributed by atoms with Gasteiger partial charge in [0.15, 0.2) is 5.78 Å². The summed E-state index contributed by atoms with van der Waals surface area (Å²) in [6, 6.07) is 0. The molecule has 2 heteroatoms. The summed E-state index contributed by atoms with van der Waals surface area (Å²) >= 11 is 0. The first-order valence-electron chi connectivity index (χ1n) is 4.56. The first kappa shape index (κ1) is 9.30. The monoisotopic (exact) mass is 168 g/mol. The lowest BCUT2D eigenvalue weighted by Gasteiger charge is -2.11. The number of methoxy groups -OCH3 is 1. The Morgan fingerprint density at radius 3 is 3.00 bits per heavy atom. The van der Waals surface area contributed by atoms with Gasteiger partial charge in [-0.05, 0) is 6.42 Å². The van der Waals surface area contributed by atoms with Gasteiger partial charge in [0.05, 0.1) is 7.11 Å². The molecule has 0 saturated carbocycles. The molecule has 1 aliphatic carbocycles. The van der Waals surface area contributed by atoms with Crippen molar-refractivity contribution in [3.8, 4) is 0 Å². The van der Waals surface area contributed by atoms with Crippen molar-refractivity contribution in [1.29, 1.82) is 0 Å². The van der Waals surface area contributed by atoms with Crippen molar-refractivity contribution in [2.24, 2.45) is 5.92 Å². The molecule has 0 heterocycles. The minimum atomic E-state index is 0.216. The van der Waals surface area contributed by atoms with Crippen LogP contribution in [0.2, 0.25) is 0 Å². The average Bonchev–Trinajstić information content (AvgIpc) is 2.42. The van der Waals surface area contributed by atoms with Crippen molar-refractivity contribution < 1.29 is 9.53 Å². The second-order valence-corrected chi connectivity index (χ2v) is 3.26. The van der Waals surface area contributed by atoms with Crippen LogP contribution in [0, 0.1) is 5.92 Å². The predicted octanol–water partition coefficient (Wildman–Crippen LogP) is 2.30. The maximum atomic E-state index is 11.0. The zero-order valence-electron chi connectivity index (χ0n) is 7.80. The molecule has 0 N–H and O–H groups in total. The van der Waals surface area contributed by atoms with Crippen LogP contribution in [0.4, 0.5) is 0 Å². The third kappa shape index (κ3) is 2.10. The molecule has 0 aliphatic heterocycles. The zero-order valence-corrected chi connectivity index (χ0v) is 7.80. The van der Waals surface area contributed by atoms with E-state index in [0.29, 0.717) is 12.3 Å². The fourth-order valence-electron chi connectivity index (χ4n) is 1.60. The quantitative estimate of drug-likeness (QED) is 0.643. The Kier molecular flexibility index (Phi) is 3.32. The SMILES string of the molecule is CCCCC1CC(=O)C=C1OC. The number of hydrogen-bond donors (Lipinski definition) is 0. The van der Waals surface area contributed by atoms with Crippen LogP contribution >= 0.6 is 0 Å². The molecule has 0 fully saturated rings. The molecule has 1 unspecified atom stereocenters. The normalized spacial score (nSPS) is 22.7. The van der Waals surface area contributed by atoms with Crippen LogP contribution in [0.5, 0.6) is 0 Å². The minimum absolute atomic E-state index is 0.216. The summed E-state index contributed by atoms with van der Waals surface area (Å²) in [5.41, 5.74) is 0. The van der Waals surface area contributed by atoms with Gasteiger partial charge in [0, 0.05) is 18.4 Å². The van der Waals surface area contributed by atoms with Crippen LogP contribution in [0.25, 0.3) is 0 Å². The molecule has 68 valence electrons. The van der Waals surface area contributed by atoms with Gasteiger partial charge >= 0.3 is 0 Å². The number of carbonyl (C=O) groups is 1. The van der Waals surface area contributed by atoms with Crippen LogP contribution in [0.1, 0.15) is 32.6 Å². The lowest BCUT2D eigenvalue weighted by atomic mass is 10.0. The highest BCUT2D eigenvalue weighted by atomic mass is 16.5. The minimum Gasteiger partial charge on any atom is -0.501 e. The average molecular weight is 168 g/mol. The van der Waals surface area contributed by atoms with Crippen LogP contribution in [-0.2, 0) is 9.53 Å². The summed E-state index contributed by atoms with van der Waals surface area (Å²) in [5.74, 6) is 1.46. The molecule has 2 nitrogen and oxygen atoms in total. The standard InChI is InChI=1S/C10H16O2/c1-3-4-5-8-6-9(11)7-10(8)12-2/h7-8H,3-6H2,1-2H3. The molecule has 0 aromatic heterocycles. The van der Waals surface area contributed by atoms with Gasteiger partial charge in [0.25, 0.3) is 0 Å². The molecule has 0 bridgehead atoms. The van der Waals surface area contributed by atoms with Crippen molar-refractivity contribution in [1.82, 2.24) is 0 Å². The van der Waals surface area contributed by atoms with Crippen molar-refractivity contribution >= 4 is 5.78 Å². The maximum absolute atomic E-state index is 11.0. The molecule has 1 atom stereocenters. The Balaban J connectivity index is 2.45. The lowest BCUT2D eigenvalue weighted by molar-refractivity contribution is -0.114. The second kappa shape index (κ2) is 4.29. The van der Waals surface area contributed by atoms with E-state index in [1.807, 2.05) is 0 Å². The first-order valence-corrected chi connectivity index (χ1v) is 4.56. The summed E-state index contributed by atoms with van der Waals surface area (Å²) in [6.07, 6.45) is 5.74. The van der Waals surface area contributed by atoms with Crippen molar-refractivity contribution in [3.05, 3.63) is 11.8 Å². The smallest absolute Gasteiger partial charge is 0.159 e. The number of unbranched alkanes of at least 4 members (excludes halogenated alkanes) is 1. The number of carbonyl (C=O) groups excluding carboxylic acids is 1. The Morgan fingerprint density at radius 1 is 1.67 bits per heavy atom. The molecule has 0 aromatic rings. The summed E-state index contributed by atoms with van der Waals surface area (Å²) in [6.45, 7) is 2.16. The van der Waals surface area contributed by atoms with Gasteiger partial charge in [-0.1, -0.05) is 19.8 Å². The van der Waals surface area contributed by atoms with E-state index in [-0.39, 0.29) is 5.78 Å². The largest absolute Gasteiger partial charge is 0.501 e. The van der Waals surface area contributed by atoms with E-state index in [1.165, 1.54) is 12.8 Å². The molecule has 0 saturated heterocycles. The van der Waals surface area contributed by atoms with Crippen LogP contribution < -0.4 is 0 Å². The molecule has 1 aliphatic rings. The molecule has 1 rings (SSSR count). The van der Waals surface area contributed by atoms with Gasteiger partial charge in [-0.3, -0.25) is 4.79 Å². The summed E-state index contributed by atoms with van der Waals surface area (Å²) in [7, 11) is 1.64. The summed E-state index contributed by atoms with van der Waals surface area (Å²) in [5, 5.41) is 0. The highest BCUT2D eigenvalue weighted by Gasteiger charge is 2.24. The highest BCUT2D eigenvalue weighted by molar-refractivity contribution is 5.93. The summed E-state index contributed by atoms with van der Waals surface area (Å²) < 4.78 is 5.13. The van der Waals surface area contributed by atoms with Crippen molar-refractivity contribution in [3.63, 3.8) is 0 Å². The third-order valence-electron chi connectivity index (χ3n) is 2.30. The zero-order chi connectivity index (χ0) is 8.97. The fraction of sp³-hybridized carbons (Fsp3) is 0.700. The molecule has 0 amide bonds. The van der Waals surface area contributed by atoms with Crippen molar-refractivity contribution in [2.45, 2.75) is 32.6 Å². The first-order chi connectivity index (χ1) is 5.77. The maximum Gasteiger partial charge on any atom is 0.159 e. The van der Waals surface area contributed by atoms with Gasteiger partial charge in [0.2, 0.25) is 0 Å². The number of allylic oxidation sites excluding steroid dienone is 2. The van der Waals surface area contributed by atoms with Crippen LogP contribution in [0.3, 0.4) is 0 Å². The van der Waals surface area contributed by atoms with E-state index in [4.69, 9.17) is 4.74 Å². The number of ketones is 1. The number of ether oxygens (including phenoxy) is 1. The molecule has 0 radical (unpaired) electrons. The van der Waals surface area contributed by atoms with Crippen LogP contribution in [0.15, 0.2) is 11.8 Å². The molecular weight excluding hydrogens is 152 g/mol. The van der Waals surface area contributed by atoms with Crippen molar-refractivity contribution in [2.75, 3.05) is 7.11 Å². The second-order valence-electron chi connectivity index (χ2n) is 3.26. The topological polar surface area (TPSA) is 26.3 Å². The summed E-state index contributed by atoms with van der Waals surface area (Å²) in [4.78, 5) is 11.0. The van der Waals surface area contributed by atoms with E-state index in [9.17, 15) is 4.79 Å². The van der Waals surface area contributed by atoms with Gasteiger partial charge in [-0.2, -0.15) is 0 Å². The molecular formula is C10H16O2. The van der Waals surface area contributed by atoms with Gasteiger partial charge in [-0.25, -0.2) is 0 Å². The molecule has 12 heavy (non-hydrogen) atoms. The number of rotatable bonds is 4. The van der Waals surface area contributed by atoms with E-state index >= 15 is 0 Å². The van der Waals surface area contributed by atoms with Gasteiger partial charge in [-0.15, -0.1) is 0 Å². The number of hydrogen-bond acceptors (Lipinski definition) is 2. The fourth-order valence-corrected chi connectivity index (χ4v) is 1.60. The van der Waals surface area contributed by atoms with E-state index in [1.54, 1.807) is 13.2 Å². The molecule has 0 aromatic carbocycles. The lowest BCUT2D eigenvalue weighted by Crippen LogP contribution is -2.02. The predicted molar refractivity (Wildman–Crippen MR) is 47.7 cm³/mol. The van der Waals surface area contributed by atoms with E-state index in [0.717, 1.165) is 12.2 Å². The van der Waals surface area contributed by atoms with E-state index < -0.39 is 0 Å². The Hall–Kier alpha value is -0.790. The highest BCUT2D eigenvalue weighted by Crippen LogP contribution is 2.28. The van der Waals surface area contributed by atoms with E-state index in [2.05, 4.69) is 6.92 Å². The Morgan fingerprint density at radius 2 is 2.42 bits per heavy atom. The molecule has 0 spiro atoms. The third-order valence-corrected chi connectivity index (χ3v) is 2.30. The Bertz CT molecular complexity index is 194. The Labute approximate surface area is 73.6 Å². The van der Waals surface area contributed by atoms with Gasteiger partial charge in [0.1, 0.15) is 5.76 Å².